The summed E-state index contributed by atoms with van der Waals surface area (Å²) < 4.78 is 33.6. The number of pyridine rings is 1. The van der Waals surface area contributed by atoms with Crippen molar-refractivity contribution in [3.8, 4) is 16.9 Å². The van der Waals surface area contributed by atoms with Crippen LogP contribution in [0.4, 0.5) is 14.6 Å². The van der Waals surface area contributed by atoms with Crippen LogP contribution in [-0.4, -0.2) is 52.9 Å². The number of anilines is 1. The van der Waals surface area contributed by atoms with E-state index < -0.39 is 11.6 Å². The molecule has 37 heavy (non-hydrogen) atoms. The molecule has 0 saturated carbocycles. The Morgan fingerprint density at radius 2 is 1.84 bits per heavy atom. The third-order valence-corrected chi connectivity index (χ3v) is 7.55. The molecule has 0 unspecified atom stereocenters. The lowest BCUT2D eigenvalue weighted by Gasteiger charge is -2.28. The Bertz CT molecular complexity index is 1300. The molecule has 2 saturated heterocycles. The zero-order valence-electron chi connectivity index (χ0n) is 20.4. The molecule has 2 aliphatic heterocycles. The van der Waals surface area contributed by atoms with Gasteiger partial charge in [0.2, 0.25) is 0 Å². The summed E-state index contributed by atoms with van der Waals surface area (Å²) in [6.07, 6.45) is 6.10. The van der Waals surface area contributed by atoms with Crippen LogP contribution in [0.25, 0.3) is 11.1 Å². The first-order chi connectivity index (χ1) is 17.9. The molecule has 0 aliphatic carbocycles. The van der Waals surface area contributed by atoms with Crippen molar-refractivity contribution in [2.75, 3.05) is 31.9 Å². The predicted molar refractivity (Wildman–Crippen MR) is 140 cm³/mol. The molecule has 1 aromatic heterocycles. The molecule has 1 atom stereocenters. The number of carbonyl (C=O) groups is 1. The van der Waals surface area contributed by atoms with Gasteiger partial charge in [-0.2, -0.15) is 0 Å². The second kappa shape index (κ2) is 11.0. The molecule has 0 bridgehead atoms. The molecule has 3 heterocycles. The molecular weight excluding hydrogens is 498 g/mol. The van der Waals surface area contributed by atoms with E-state index in [9.17, 15) is 13.6 Å². The molecule has 2 fully saturated rings. The molecule has 194 valence electrons. The molecule has 5 rings (SSSR count). The van der Waals surface area contributed by atoms with Crippen molar-refractivity contribution in [3.63, 3.8) is 0 Å². The van der Waals surface area contributed by atoms with Crippen molar-refractivity contribution in [2.24, 2.45) is 0 Å². The quantitative estimate of drug-likeness (QED) is 0.409. The fraction of sp³-hybridized carbons (Fsp3) is 0.357. The van der Waals surface area contributed by atoms with E-state index in [0.717, 1.165) is 56.7 Å². The van der Waals surface area contributed by atoms with Crippen molar-refractivity contribution in [3.05, 3.63) is 76.4 Å². The van der Waals surface area contributed by atoms with Crippen LogP contribution < -0.4 is 10.5 Å². The van der Waals surface area contributed by atoms with Crippen LogP contribution in [0.3, 0.4) is 0 Å². The van der Waals surface area contributed by atoms with E-state index in [4.69, 9.17) is 22.1 Å². The lowest BCUT2D eigenvalue weighted by atomic mass is 10.0. The Kier molecular flexibility index (Phi) is 7.58. The SMILES string of the molecule is Nc1ncc(-c2cccc(C(=O)N3CCC[C@H]3CN3CCCC3)c2)cc1OCc1c(F)ccc(F)c1Cl. The largest absolute Gasteiger partial charge is 0.485 e. The number of carbonyl (C=O) groups excluding carboxylic acids is 1. The van der Waals surface area contributed by atoms with Crippen LogP contribution in [0.15, 0.2) is 48.7 Å². The van der Waals surface area contributed by atoms with Crippen molar-refractivity contribution in [1.29, 1.82) is 0 Å². The van der Waals surface area contributed by atoms with Crippen molar-refractivity contribution in [1.82, 2.24) is 14.8 Å². The fourth-order valence-electron chi connectivity index (χ4n) is 5.13. The van der Waals surface area contributed by atoms with E-state index >= 15 is 0 Å². The Hall–Kier alpha value is -3.23. The Labute approximate surface area is 220 Å². The van der Waals surface area contributed by atoms with Gasteiger partial charge in [0.1, 0.15) is 18.2 Å². The molecular formula is C28H29ClF2N4O2. The van der Waals surface area contributed by atoms with E-state index in [1.54, 1.807) is 12.3 Å². The van der Waals surface area contributed by atoms with E-state index in [2.05, 4.69) is 9.88 Å². The van der Waals surface area contributed by atoms with Gasteiger partial charge in [-0.25, -0.2) is 13.8 Å². The standard InChI is InChI=1S/C28H29ClF2N4O2/c29-26-22(23(30)8-9-24(26)31)17-37-25-14-20(15-33-27(25)32)18-5-3-6-19(13-18)28(36)35-12-4-7-21(35)16-34-10-1-2-11-34/h3,5-6,8-9,13-15,21H,1-2,4,7,10-12,16-17H2,(H2,32,33)/t21-/m0/s1. The predicted octanol–water partition coefficient (Wildman–Crippen LogP) is 5.54. The summed E-state index contributed by atoms with van der Waals surface area (Å²) in [7, 11) is 0. The highest BCUT2D eigenvalue weighted by atomic mass is 35.5. The summed E-state index contributed by atoms with van der Waals surface area (Å²) in [6, 6.07) is 11.3. The van der Waals surface area contributed by atoms with Crippen LogP contribution in [-0.2, 0) is 6.61 Å². The third kappa shape index (κ3) is 5.55. The molecule has 2 aliphatic rings. The highest BCUT2D eigenvalue weighted by Crippen LogP contribution is 2.31. The number of ether oxygens (including phenoxy) is 1. The number of nitrogens with zero attached hydrogens (tertiary/aromatic N) is 3. The fourth-order valence-corrected chi connectivity index (χ4v) is 5.34. The first-order valence-electron chi connectivity index (χ1n) is 12.5. The van der Waals surface area contributed by atoms with E-state index in [1.165, 1.54) is 12.8 Å². The number of halogens is 3. The number of aromatic nitrogens is 1. The zero-order chi connectivity index (χ0) is 25.9. The van der Waals surface area contributed by atoms with Gasteiger partial charge in [-0.3, -0.25) is 4.79 Å². The zero-order valence-corrected chi connectivity index (χ0v) is 21.2. The second-order valence-electron chi connectivity index (χ2n) is 9.60. The number of likely N-dealkylation sites (tertiary alicyclic amines) is 2. The second-order valence-corrected chi connectivity index (χ2v) is 9.98. The normalized spacial score (nSPS) is 17.9. The lowest BCUT2D eigenvalue weighted by molar-refractivity contribution is 0.0709. The van der Waals surface area contributed by atoms with Crippen LogP contribution in [0.1, 0.15) is 41.6 Å². The van der Waals surface area contributed by atoms with Gasteiger partial charge < -0.3 is 20.3 Å². The van der Waals surface area contributed by atoms with E-state index in [-0.39, 0.29) is 40.7 Å². The Balaban J connectivity index is 1.33. The van der Waals surface area contributed by atoms with Crippen molar-refractivity contribution >= 4 is 23.3 Å². The molecule has 2 N–H and O–H groups in total. The summed E-state index contributed by atoms with van der Waals surface area (Å²) in [4.78, 5) is 22.1. The molecule has 6 nitrogen and oxygen atoms in total. The van der Waals surface area contributed by atoms with Crippen LogP contribution in [0.5, 0.6) is 5.75 Å². The third-order valence-electron chi connectivity index (χ3n) is 7.14. The summed E-state index contributed by atoms with van der Waals surface area (Å²) in [6.45, 7) is 3.61. The average Bonchev–Trinajstić information content (AvgIpc) is 3.59. The first kappa shape index (κ1) is 25.4. The number of rotatable bonds is 7. The summed E-state index contributed by atoms with van der Waals surface area (Å²) >= 11 is 5.91. The Morgan fingerprint density at radius 3 is 2.65 bits per heavy atom. The Morgan fingerprint density at radius 1 is 1.05 bits per heavy atom. The van der Waals surface area contributed by atoms with Gasteiger partial charge in [0, 0.05) is 42.0 Å². The number of nitrogen functional groups attached to an aromatic ring is 1. The number of nitrogens with two attached hydrogens (primary N) is 1. The van der Waals surface area contributed by atoms with Gasteiger partial charge in [0.25, 0.3) is 5.91 Å². The highest BCUT2D eigenvalue weighted by Gasteiger charge is 2.31. The lowest BCUT2D eigenvalue weighted by Crippen LogP contribution is -2.42. The molecule has 1 amide bonds. The minimum atomic E-state index is -0.733. The van der Waals surface area contributed by atoms with Crippen molar-refractivity contribution < 1.29 is 18.3 Å². The molecule has 3 aromatic rings. The van der Waals surface area contributed by atoms with Gasteiger partial charge in [-0.1, -0.05) is 23.7 Å². The number of amides is 1. The van der Waals surface area contributed by atoms with Crippen LogP contribution in [0.2, 0.25) is 5.02 Å². The van der Waals surface area contributed by atoms with Crippen LogP contribution >= 0.6 is 11.6 Å². The number of hydrogen-bond donors (Lipinski definition) is 1. The number of benzene rings is 2. The summed E-state index contributed by atoms with van der Waals surface area (Å²) in [5.74, 6) is -1.07. The van der Waals surface area contributed by atoms with E-state index in [1.807, 2.05) is 29.2 Å². The molecule has 0 radical (unpaired) electrons. The maximum Gasteiger partial charge on any atom is 0.254 e. The van der Waals surface area contributed by atoms with Crippen molar-refractivity contribution in [2.45, 2.75) is 38.3 Å². The van der Waals surface area contributed by atoms with Crippen LogP contribution in [0, 0.1) is 11.6 Å². The molecule has 0 spiro atoms. The summed E-state index contributed by atoms with van der Waals surface area (Å²) in [5, 5.41) is -0.334. The average molecular weight is 527 g/mol. The molecule has 2 aromatic carbocycles. The summed E-state index contributed by atoms with van der Waals surface area (Å²) in [5.41, 5.74) is 7.94. The number of hydrogen-bond acceptors (Lipinski definition) is 5. The molecule has 9 heteroatoms. The topological polar surface area (TPSA) is 71.7 Å². The van der Waals surface area contributed by atoms with Gasteiger partial charge >= 0.3 is 0 Å². The minimum Gasteiger partial charge on any atom is -0.485 e. The van der Waals surface area contributed by atoms with Gasteiger partial charge in [-0.05, 0) is 74.7 Å². The highest BCUT2D eigenvalue weighted by molar-refractivity contribution is 6.31. The van der Waals surface area contributed by atoms with E-state index in [0.29, 0.717) is 11.1 Å². The van der Waals surface area contributed by atoms with Gasteiger partial charge in [0.05, 0.1) is 5.02 Å². The maximum atomic E-state index is 14.2. The maximum absolute atomic E-state index is 14.2. The smallest absolute Gasteiger partial charge is 0.254 e. The first-order valence-corrected chi connectivity index (χ1v) is 12.9. The minimum absolute atomic E-state index is 0.0274. The van der Waals surface area contributed by atoms with Gasteiger partial charge in [-0.15, -0.1) is 0 Å². The monoisotopic (exact) mass is 526 g/mol. The van der Waals surface area contributed by atoms with Gasteiger partial charge in [0.15, 0.2) is 11.6 Å².